The quantitative estimate of drug-likeness (QED) is 0.585. The maximum atomic E-state index is 11.9. The van der Waals surface area contributed by atoms with Crippen LogP contribution in [0.3, 0.4) is 0 Å². The predicted molar refractivity (Wildman–Crippen MR) is 114 cm³/mol. The van der Waals surface area contributed by atoms with Gasteiger partial charge in [0.25, 0.3) is 5.91 Å². The fourth-order valence-corrected chi connectivity index (χ4v) is 4.21. The molecule has 0 spiro atoms. The van der Waals surface area contributed by atoms with Crippen LogP contribution in [0.4, 0.5) is 0 Å². The highest BCUT2D eigenvalue weighted by Crippen LogP contribution is 2.26. The van der Waals surface area contributed by atoms with E-state index < -0.39 is 0 Å². The average molecular weight is 424 g/mol. The molecule has 27 heavy (non-hydrogen) atoms. The van der Waals surface area contributed by atoms with E-state index in [0.29, 0.717) is 16.6 Å². The van der Waals surface area contributed by atoms with E-state index in [1.807, 2.05) is 18.2 Å². The van der Waals surface area contributed by atoms with Crippen molar-refractivity contribution in [2.45, 2.75) is 31.4 Å². The van der Waals surface area contributed by atoms with Crippen LogP contribution in [-0.4, -0.2) is 24.8 Å². The Labute approximate surface area is 174 Å². The number of fused-ring (bicyclic) bond motifs is 1. The van der Waals surface area contributed by atoms with Crippen LogP contribution >= 0.6 is 35.0 Å². The summed E-state index contributed by atoms with van der Waals surface area (Å²) >= 11 is 13.7. The number of hydrogen-bond acceptors (Lipinski definition) is 3. The van der Waals surface area contributed by atoms with Gasteiger partial charge in [0, 0.05) is 18.1 Å². The van der Waals surface area contributed by atoms with E-state index in [0.717, 1.165) is 35.7 Å². The minimum Gasteiger partial charge on any atom is -0.484 e. The zero-order chi connectivity index (χ0) is 19.1. The molecule has 0 aromatic heterocycles. The largest absolute Gasteiger partial charge is 0.484 e. The molecule has 144 valence electrons. The van der Waals surface area contributed by atoms with Crippen molar-refractivity contribution in [1.29, 1.82) is 0 Å². The van der Waals surface area contributed by atoms with Gasteiger partial charge in [0.2, 0.25) is 0 Å². The molecule has 0 atom stereocenters. The van der Waals surface area contributed by atoms with E-state index in [1.165, 1.54) is 24.0 Å². The minimum absolute atomic E-state index is 0.0518. The number of nitrogens with one attached hydrogen (secondary N) is 1. The van der Waals surface area contributed by atoms with Crippen LogP contribution in [0.1, 0.15) is 29.5 Å². The molecule has 0 saturated carbocycles. The molecule has 1 aliphatic carbocycles. The van der Waals surface area contributed by atoms with Gasteiger partial charge in [-0.25, -0.2) is 0 Å². The second-order valence-electron chi connectivity index (χ2n) is 6.58. The molecular weight excluding hydrogens is 401 g/mol. The van der Waals surface area contributed by atoms with Gasteiger partial charge in [0.1, 0.15) is 5.75 Å². The third-order valence-corrected chi connectivity index (χ3v) is 6.28. The molecule has 2 aromatic rings. The number of hydrogen-bond donors (Lipinski definition) is 1. The van der Waals surface area contributed by atoms with Gasteiger partial charge in [-0.15, -0.1) is 0 Å². The molecule has 0 bridgehead atoms. The third kappa shape index (κ3) is 6.34. The average Bonchev–Trinajstić information content (AvgIpc) is 2.68. The summed E-state index contributed by atoms with van der Waals surface area (Å²) in [6, 6.07) is 11.8. The molecule has 1 amide bonds. The van der Waals surface area contributed by atoms with E-state index in [4.69, 9.17) is 27.9 Å². The Hall–Kier alpha value is -1.36. The molecule has 1 aliphatic rings. The molecule has 0 fully saturated rings. The Balaban J connectivity index is 1.32. The topological polar surface area (TPSA) is 38.3 Å². The van der Waals surface area contributed by atoms with Crippen molar-refractivity contribution in [3.63, 3.8) is 0 Å². The van der Waals surface area contributed by atoms with Crippen molar-refractivity contribution in [2.75, 3.05) is 18.9 Å². The summed E-state index contributed by atoms with van der Waals surface area (Å²) in [7, 11) is 0. The highest BCUT2D eigenvalue weighted by Gasteiger charge is 2.10. The molecule has 6 heteroatoms. The number of rotatable bonds is 8. The first-order valence-electron chi connectivity index (χ1n) is 9.15. The molecule has 0 heterocycles. The second kappa shape index (κ2) is 10.3. The van der Waals surface area contributed by atoms with Gasteiger partial charge < -0.3 is 10.1 Å². The van der Waals surface area contributed by atoms with E-state index >= 15 is 0 Å². The molecule has 3 rings (SSSR count). The molecule has 2 aromatic carbocycles. The van der Waals surface area contributed by atoms with Gasteiger partial charge in [-0.3, -0.25) is 4.79 Å². The maximum Gasteiger partial charge on any atom is 0.257 e. The highest BCUT2D eigenvalue weighted by atomic mass is 35.5. The Kier molecular flexibility index (Phi) is 7.74. The Morgan fingerprint density at radius 1 is 1.04 bits per heavy atom. The van der Waals surface area contributed by atoms with Gasteiger partial charge in [-0.2, -0.15) is 11.8 Å². The van der Waals surface area contributed by atoms with Crippen LogP contribution in [0, 0.1) is 0 Å². The first-order chi connectivity index (χ1) is 13.1. The summed E-state index contributed by atoms with van der Waals surface area (Å²) in [5.41, 5.74) is 3.89. The van der Waals surface area contributed by atoms with Crippen molar-refractivity contribution in [1.82, 2.24) is 5.32 Å². The summed E-state index contributed by atoms with van der Waals surface area (Å²) in [4.78, 5) is 11.9. The molecule has 0 radical (unpaired) electrons. The second-order valence-corrected chi connectivity index (χ2v) is 8.50. The van der Waals surface area contributed by atoms with Crippen LogP contribution in [0.5, 0.6) is 5.75 Å². The van der Waals surface area contributed by atoms with E-state index in [9.17, 15) is 4.79 Å². The van der Waals surface area contributed by atoms with Gasteiger partial charge in [0.05, 0.1) is 10.0 Å². The van der Waals surface area contributed by atoms with Crippen molar-refractivity contribution < 1.29 is 9.53 Å². The Bertz CT molecular complexity index is 798. The maximum absolute atomic E-state index is 11.9. The minimum atomic E-state index is -0.0946. The summed E-state index contributed by atoms with van der Waals surface area (Å²) in [5.74, 6) is 2.34. The number of carbonyl (C=O) groups excluding carboxylic acids is 1. The number of carbonyl (C=O) groups is 1. The van der Waals surface area contributed by atoms with Crippen LogP contribution in [0.2, 0.25) is 10.0 Å². The van der Waals surface area contributed by atoms with Crippen molar-refractivity contribution in [3.8, 4) is 5.75 Å². The lowest BCUT2D eigenvalue weighted by Crippen LogP contribution is -2.30. The molecule has 0 unspecified atom stereocenters. The summed E-state index contributed by atoms with van der Waals surface area (Å²) in [6.07, 6.45) is 4.75. The molecule has 0 aliphatic heterocycles. The van der Waals surface area contributed by atoms with Crippen molar-refractivity contribution in [3.05, 3.63) is 63.1 Å². The van der Waals surface area contributed by atoms with E-state index in [2.05, 4.69) is 17.4 Å². The molecule has 1 N–H and O–H groups in total. The lowest BCUT2D eigenvalue weighted by Gasteiger charge is -2.16. The smallest absolute Gasteiger partial charge is 0.257 e. The molecular formula is C21H23Cl2NO2S. The predicted octanol–water partition coefficient (Wildman–Crippen LogP) is 5.30. The number of ether oxygens (including phenoxy) is 1. The summed E-state index contributed by atoms with van der Waals surface area (Å²) in [6.45, 7) is 0.661. The molecule has 0 saturated heterocycles. The first kappa shape index (κ1) is 20.4. The number of halogens is 2. The zero-order valence-corrected chi connectivity index (χ0v) is 17.4. The number of amides is 1. The van der Waals surface area contributed by atoms with Gasteiger partial charge in [-0.1, -0.05) is 35.3 Å². The monoisotopic (exact) mass is 423 g/mol. The van der Waals surface area contributed by atoms with E-state index in [-0.39, 0.29) is 12.5 Å². The zero-order valence-electron chi connectivity index (χ0n) is 15.1. The van der Waals surface area contributed by atoms with Gasteiger partial charge in [0.15, 0.2) is 6.61 Å². The van der Waals surface area contributed by atoms with E-state index in [1.54, 1.807) is 17.8 Å². The fraction of sp³-hybridized carbons (Fsp3) is 0.381. The lowest BCUT2D eigenvalue weighted by molar-refractivity contribution is -0.122. The number of thioether (sulfide) groups is 1. The van der Waals surface area contributed by atoms with Crippen LogP contribution in [0.15, 0.2) is 36.4 Å². The van der Waals surface area contributed by atoms with Crippen LogP contribution < -0.4 is 10.1 Å². The van der Waals surface area contributed by atoms with Crippen LogP contribution in [-0.2, 0) is 23.4 Å². The fourth-order valence-electron chi connectivity index (χ4n) is 3.08. The van der Waals surface area contributed by atoms with Crippen molar-refractivity contribution >= 4 is 40.9 Å². The third-order valence-electron chi connectivity index (χ3n) is 4.51. The Morgan fingerprint density at radius 2 is 1.85 bits per heavy atom. The van der Waals surface area contributed by atoms with Crippen LogP contribution in [0.25, 0.3) is 0 Å². The SMILES string of the molecule is O=C(COc1ccc2c(c1)CCCC2)NCCSCc1ccc(Cl)c(Cl)c1. The summed E-state index contributed by atoms with van der Waals surface area (Å²) < 4.78 is 5.64. The number of aryl methyl sites for hydroxylation is 2. The number of benzene rings is 2. The van der Waals surface area contributed by atoms with Crippen molar-refractivity contribution in [2.24, 2.45) is 0 Å². The highest BCUT2D eigenvalue weighted by molar-refractivity contribution is 7.98. The summed E-state index contributed by atoms with van der Waals surface area (Å²) in [5, 5.41) is 4.03. The first-order valence-corrected chi connectivity index (χ1v) is 11.1. The lowest BCUT2D eigenvalue weighted by atomic mass is 9.92. The normalized spacial score (nSPS) is 13.1. The van der Waals surface area contributed by atoms with Gasteiger partial charge >= 0.3 is 0 Å². The molecule has 3 nitrogen and oxygen atoms in total. The standard InChI is InChI=1S/C21H23Cl2NO2S/c22-19-8-5-15(11-20(19)23)14-27-10-9-24-21(25)13-26-18-7-6-16-3-1-2-4-17(16)12-18/h5-8,11-12H,1-4,9-10,13-14H2,(H,24,25). The van der Waals surface area contributed by atoms with Gasteiger partial charge in [-0.05, 0) is 66.6 Å². The Morgan fingerprint density at radius 3 is 2.67 bits per heavy atom.